The van der Waals surface area contributed by atoms with Gasteiger partial charge in [-0.3, -0.25) is 24.0 Å². The number of nitrogens with one attached hydrogen (secondary N) is 2. The molecule has 1 aromatic rings. The zero-order valence-corrected chi connectivity index (χ0v) is 31.0. The molecule has 52 heavy (non-hydrogen) atoms. The van der Waals surface area contributed by atoms with E-state index in [2.05, 4.69) is 24.5 Å². The summed E-state index contributed by atoms with van der Waals surface area (Å²) in [5, 5.41) is 26.6. The van der Waals surface area contributed by atoms with Crippen LogP contribution in [0.3, 0.4) is 0 Å². The topological polar surface area (TPSA) is 176 Å². The SMILES string of the molecule is CCCCCC1(CCCCC)O[C@@H]2[C@H](O1)[C@H]1ON(Cc3ccc(C=CC(=O)N(C)C)cc3)[C@H]3C(=O)O[C@@H]2C[C@@]13C(=O)N[C@@H](C(=O)NCCO)[C@H](C)O. The highest BCUT2D eigenvalue weighted by molar-refractivity contribution is 5.96. The van der Waals surface area contributed by atoms with Crippen molar-refractivity contribution in [2.75, 3.05) is 27.2 Å². The Labute approximate surface area is 306 Å². The highest BCUT2D eigenvalue weighted by atomic mass is 16.8. The molecule has 4 fully saturated rings. The number of ether oxygens (including phenoxy) is 3. The Morgan fingerprint density at radius 3 is 2.29 bits per heavy atom. The third-order valence-electron chi connectivity index (χ3n) is 10.6. The molecule has 1 aliphatic carbocycles. The molecule has 14 heteroatoms. The molecule has 4 aliphatic rings. The number of hydroxylamine groups is 2. The lowest BCUT2D eigenvalue weighted by molar-refractivity contribution is -0.224. The van der Waals surface area contributed by atoms with Crippen molar-refractivity contribution < 1.29 is 48.4 Å². The lowest BCUT2D eigenvalue weighted by Crippen LogP contribution is -2.71. The summed E-state index contributed by atoms with van der Waals surface area (Å²) >= 11 is 0. The standard InChI is InChI=1S/C38H56N4O10/c1-6-8-10-18-37(19-11-9-7-2)50-30-27-22-38(36(48)40-29(24(3)44)34(46)39-20-21-43)32(35(47)49-27)42(52-33(38)31(30)51-37)23-26-14-12-25(13-15-26)16-17-28(45)41(4)5/h12-17,24,27,29-33,43-44H,6-11,18-23H2,1-5H3,(H,39,46)(H,40,48)/t24-,27+,29+,30-,31-,32-,33+,38-/m0/s1. The number of benzene rings is 1. The predicted molar refractivity (Wildman–Crippen MR) is 190 cm³/mol. The van der Waals surface area contributed by atoms with E-state index in [-0.39, 0.29) is 32.0 Å². The molecule has 3 saturated heterocycles. The van der Waals surface area contributed by atoms with Gasteiger partial charge in [-0.1, -0.05) is 63.8 Å². The Morgan fingerprint density at radius 1 is 1.04 bits per heavy atom. The molecule has 4 N–H and O–H groups in total. The first-order chi connectivity index (χ1) is 24.9. The Bertz CT molecular complexity index is 1440. The summed E-state index contributed by atoms with van der Waals surface area (Å²) < 4.78 is 19.8. The van der Waals surface area contributed by atoms with Crippen LogP contribution in [-0.4, -0.2) is 120 Å². The van der Waals surface area contributed by atoms with Crippen molar-refractivity contribution in [3.63, 3.8) is 0 Å². The maximum atomic E-state index is 14.7. The lowest BCUT2D eigenvalue weighted by Gasteiger charge is -2.49. The minimum absolute atomic E-state index is 0.0623. The molecule has 2 bridgehead atoms. The number of amides is 3. The number of likely N-dealkylation sites (N-methyl/N-ethyl adjacent to an activating group) is 1. The second-order valence-corrected chi connectivity index (χ2v) is 14.7. The molecule has 1 saturated carbocycles. The van der Waals surface area contributed by atoms with E-state index in [1.165, 1.54) is 23.0 Å². The first-order valence-electron chi connectivity index (χ1n) is 18.7. The Balaban J connectivity index is 1.49. The molecule has 0 radical (unpaired) electrons. The maximum Gasteiger partial charge on any atom is 0.327 e. The van der Waals surface area contributed by atoms with Crippen molar-refractivity contribution in [2.24, 2.45) is 5.41 Å². The quantitative estimate of drug-likeness (QED) is 0.0991. The summed E-state index contributed by atoms with van der Waals surface area (Å²) in [6.07, 6.45) is 5.86. The van der Waals surface area contributed by atoms with E-state index in [1.807, 2.05) is 24.3 Å². The largest absolute Gasteiger partial charge is 0.458 e. The van der Waals surface area contributed by atoms with E-state index in [4.69, 9.17) is 19.0 Å². The summed E-state index contributed by atoms with van der Waals surface area (Å²) in [4.78, 5) is 62.0. The third kappa shape index (κ3) is 8.22. The zero-order chi connectivity index (χ0) is 37.6. The van der Waals surface area contributed by atoms with Crippen molar-refractivity contribution in [3.8, 4) is 0 Å². The fourth-order valence-corrected chi connectivity index (χ4v) is 7.90. The summed E-state index contributed by atoms with van der Waals surface area (Å²) in [5.41, 5.74) is 0.0304. The number of aliphatic hydroxyl groups is 2. The number of carbonyl (C=O) groups is 4. The highest BCUT2D eigenvalue weighted by Gasteiger charge is 2.76. The van der Waals surface area contributed by atoms with E-state index in [0.29, 0.717) is 12.8 Å². The number of carbonyl (C=O) groups excluding carboxylic acids is 4. The van der Waals surface area contributed by atoms with Crippen LogP contribution in [0.4, 0.5) is 0 Å². The first kappa shape index (κ1) is 39.8. The fourth-order valence-electron chi connectivity index (χ4n) is 7.90. The monoisotopic (exact) mass is 728 g/mol. The van der Waals surface area contributed by atoms with Gasteiger partial charge in [-0.15, -0.1) is 0 Å². The normalized spacial score (nSPS) is 28.6. The molecule has 0 spiro atoms. The molecule has 5 rings (SSSR count). The number of esters is 1. The van der Waals surface area contributed by atoms with Crippen LogP contribution in [0.25, 0.3) is 6.08 Å². The van der Waals surface area contributed by atoms with E-state index in [9.17, 15) is 29.4 Å². The third-order valence-corrected chi connectivity index (χ3v) is 10.6. The summed E-state index contributed by atoms with van der Waals surface area (Å²) in [6, 6.07) is 4.85. The molecule has 3 aliphatic heterocycles. The van der Waals surface area contributed by atoms with Crippen molar-refractivity contribution in [3.05, 3.63) is 41.5 Å². The number of hydrogen-bond acceptors (Lipinski definition) is 11. The predicted octanol–water partition coefficient (Wildman–Crippen LogP) is 2.20. The van der Waals surface area contributed by atoms with Gasteiger partial charge in [0.05, 0.1) is 19.3 Å². The zero-order valence-electron chi connectivity index (χ0n) is 31.0. The van der Waals surface area contributed by atoms with Crippen LogP contribution >= 0.6 is 0 Å². The van der Waals surface area contributed by atoms with Gasteiger partial charge in [0.1, 0.15) is 35.9 Å². The van der Waals surface area contributed by atoms with Crippen molar-refractivity contribution in [1.82, 2.24) is 20.6 Å². The lowest BCUT2D eigenvalue weighted by atomic mass is 9.62. The van der Waals surface area contributed by atoms with Crippen molar-refractivity contribution >= 4 is 29.8 Å². The summed E-state index contributed by atoms with van der Waals surface area (Å²) in [5.74, 6) is -3.04. The Kier molecular flexibility index (Phi) is 13.1. The van der Waals surface area contributed by atoms with E-state index in [0.717, 1.165) is 49.7 Å². The van der Waals surface area contributed by atoms with Gasteiger partial charge >= 0.3 is 5.97 Å². The molecule has 288 valence electrons. The van der Waals surface area contributed by atoms with Gasteiger partial charge in [-0.25, -0.2) is 0 Å². The second kappa shape index (κ2) is 17.2. The van der Waals surface area contributed by atoms with Gasteiger partial charge in [0, 0.05) is 46.0 Å². The summed E-state index contributed by atoms with van der Waals surface area (Å²) in [7, 11) is 3.35. The van der Waals surface area contributed by atoms with Crippen molar-refractivity contribution in [1.29, 1.82) is 0 Å². The molecule has 1 aromatic carbocycles. The Hall–Kier alpha value is -3.40. The van der Waals surface area contributed by atoms with Gasteiger partial charge < -0.3 is 40.0 Å². The minimum Gasteiger partial charge on any atom is -0.458 e. The van der Waals surface area contributed by atoms with Crippen LogP contribution in [0, 0.1) is 5.41 Å². The van der Waals surface area contributed by atoms with Gasteiger partial charge in [0.25, 0.3) is 0 Å². The number of aliphatic hydroxyl groups excluding tert-OH is 2. The molecular formula is C38H56N4O10. The average molecular weight is 729 g/mol. The van der Waals surface area contributed by atoms with Crippen LogP contribution in [0.1, 0.15) is 89.7 Å². The van der Waals surface area contributed by atoms with E-state index < -0.39 is 71.6 Å². The second-order valence-electron chi connectivity index (χ2n) is 14.7. The molecule has 3 amide bonds. The van der Waals surface area contributed by atoms with Crippen LogP contribution < -0.4 is 10.6 Å². The van der Waals surface area contributed by atoms with E-state index >= 15 is 0 Å². The smallest absolute Gasteiger partial charge is 0.327 e. The number of rotatable bonds is 18. The van der Waals surface area contributed by atoms with Crippen LogP contribution in [-0.2, 0) is 44.8 Å². The van der Waals surface area contributed by atoms with E-state index in [1.54, 1.807) is 20.2 Å². The molecule has 0 aromatic heterocycles. The van der Waals surface area contributed by atoms with Crippen molar-refractivity contribution in [2.45, 2.75) is 133 Å². The molecular weight excluding hydrogens is 672 g/mol. The average Bonchev–Trinajstić information content (AvgIpc) is 3.67. The Morgan fingerprint density at radius 2 is 1.69 bits per heavy atom. The number of nitrogens with zero attached hydrogens (tertiary/aromatic N) is 2. The number of unbranched alkanes of at least 4 members (excludes halogenated alkanes) is 4. The fraction of sp³-hybridized carbons (Fsp3) is 0.684. The highest BCUT2D eigenvalue weighted by Crippen LogP contribution is 2.58. The molecule has 8 atom stereocenters. The van der Waals surface area contributed by atoms with Crippen LogP contribution in [0.5, 0.6) is 0 Å². The first-order valence-corrected chi connectivity index (χ1v) is 18.7. The summed E-state index contributed by atoms with van der Waals surface area (Å²) in [6.45, 7) is 5.38. The van der Waals surface area contributed by atoms with Gasteiger partial charge in [0.15, 0.2) is 11.8 Å². The van der Waals surface area contributed by atoms with Crippen LogP contribution in [0.15, 0.2) is 30.3 Å². The van der Waals surface area contributed by atoms with Gasteiger partial charge in [-0.2, -0.15) is 5.06 Å². The van der Waals surface area contributed by atoms with Gasteiger partial charge in [-0.05, 0) is 37.0 Å². The molecule has 3 heterocycles. The molecule has 14 nitrogen and oxygen atoms in total. The molecule has 0 unspecified atom stereocenters. The van der Waals surface area contributed by atoms with Crippen LogP contribution in [0.2, 0.25) is 0 Å². The number of fused-ring (bicyclic) bond motifs is 4. The van der Waals surface area contributed by atoms with Gasteiger partial charge in [0.2, 0.25) is 17.7 Å². The maximum absolute atomic E-state index is 14.7. The minimum atomic E-state index is -1.55. The number of hydrogen-bond donors (Lipinski definition) is 4.